The third-order valence-electron chi connectivity index (χ3n) is 1.36. The molecule has 0 spiro atoms. The van der Waals surface area contributed by atoms with Gasteiger partial charge < -0.3 is 5.32 Å². The summed E-state index contributed by atoms with van der Waals surface area (Å²) in [5.41, 5.74) is 0. The van der Waals surface area contributed by atoms with Crippen LogP contribution >= 0.6 is 0 Å². The number of hydrogen-bond donors (Lipinski definition) is 1. The molecule has 0 aromatic heterocycles. The average Bonchev–Trinajstić information content (AvgIpc) is 1.91. The molecule has 1 N–H and O–H groups in total. The normalized spacial score (nSPS) is 13.1. The van der Waals surface area contributed by atoms with Crippen molar-refractivity contribution < 1.29 is 0 Å². The van der Waals surface area contributed by atoms with Crippen LogP contribution in [0.1, 0.15) is 20.3 Å². The third-order valence-corrected chi connectivity index (χ3v) is 1.36. The first-order valence-corrected chi connectivity index (χ1v) is 3.51. The van der Waals surface area contributed by atoms with Gasteiger partial charge in [0, 0.05) is 6.54 Å². The van der Waals surface area contributed by atoms with Crippen LogP contribution < -0.4 is 5.32 Å². The summed E-state index contributed by atoms with van der Waals surface area (Å²) in [7, 11) is 0. The Morgan fingerprint density at radius 3 is 2.56 bits per heavy atom. The number of rotatable bonds is 5. The van der Waals surface area contributed by atoms with Crippen LogP contribution in [-0.4, -0.2) is 25.8 Å². The van der Waals surface area contributed by atoms with Gasteiger partial charge in [0.15, 0.2) is 0 Å². The highest BCUT2D eigenvalue weighted by Gasteiger charge is 1.97. The highest BCUT2D eigenvalue weighted by atomic mass is 14.9. The van der Waals surface area contributed by atoms with Crippen LogP contribution in [0.25, 0.3) is 0 Å². The van der Waals surface area contributed by atoms with Crippen LogP contribution in [0.15, 0.2) is 4.99 Å². The van der Waals surface area contributed by atoms with Crippen molar-refractivity contribution in [1.82, 2.24) is 5.32 Å². The second-order valence-corrected chi connectivity index (χ2v) is 2.05. The molecule has 0 fully saturated rings. The minimum absolute atomic E-state index is 0.407. The van der Waals surface area contributed by atoms with Crippen molar-refractivity contribution in [3.8, 4) is 0 Å². The van der Waals surface area contributed by atoms with Crippen LogP contribution in [-0.2, 0) is 0 Å². The van der Waals surface area contributed by atoms with Crippen molar-refractivity contribution in [3.05, 3.63) is 0 Å². The molecular weight excluding hydrogens is 112 g/mol. The molecular formula is C7H16N2. The van der Waals surface area contributed by atoms with Crippen LogP contribution in [0.4, 0.5) is 0 Å². The quantitative estimate of drug-likeness (QED) is 0.550. The molecule has 0 aliphatic rings. The predicted octanol–water partition coefficient (Wildman–Crippen LogP) is 1.08. The van der Waals surface area contributed by atoms with Crippen molar-refractivity contribution in [3.63, 3.8) is 0 Å². The third kappa shape index (κ3) is 4.15. The van der Waals surface area contributed by atoms with E-state index in [4.69, 9.17) is 0 Å². The van der Waals surface area contributed by atoms with E-state index in [0.29, 0.717) is 6.04 Å². The second-order valence-electron chi connectivity index (χ2n) is 2.05. The molecule has 0 rings (SSSR count). The maximum atomic E-state index is 3.93. The smallest absolute Gasteiger partial charge is 0.0614 e. The Balaban J connectivity index is 3.20. The second kappa shape index (κ2) is 5.76. The molecule has 0 aromatic carbocycles. The summed E-state index contributed by atoms with van der Waals surface area (Å²) >= 11 is 0. The van der Waals surface area contributed by atoms with Gasteiger partial charge in [0.25, 0.3) is 0 Å². The predicted molar refractivity (Wildman–Crippen MR) is 42.2 cm³/mol. The molecule has 0 bridgehead atoms. The van der Waals surface area contributed by atoms with Gasteiger partial charge in [-0.25, -0.2) is 0 Å². The van der Waals surface area contributed by atoms with Gasteiger partial charge in [-0.05, 0) is 19.7 Å². The summed E-state index contributed by atoms with van der Waals surface area (Å²) in [6, 6.07) is 0.407. The van der Waals surface area contributed by atoms with E-state index in [1.165, 1.54) is 0 Å². The van der Waals surface area contributed by atoms with Crippen molar-refractivity contribution in [2.45, 2.75) is 26.3 Å². The van der Waals surface area contributed by atoms with E-state index in [-0.39, 0.29) is 0 Å². The van der Waals surface area contributed by atoms with Gasteiger partial charge in [-0.15, -0.1) is 0 Å². The fourth-order valence-electron chi connectivity index (χ4n) is 0.649. The lowest BCUT2D eigenvalue weighted by Crippen LogP contribution is -2.24. The summed E-state index contributed by atoms with van der Waals surface area (Å²) in [4.78, 5) is 3.93. The Morgan fingerprint density at radius 1 is 1.56 bits per heavy atom. The standard InChI is InChI=1S/C7H16N2/c1-4-7(8-3)6-9-5-2/h7,9H,3-6H2,1-2H3. The molecule has 0 heterocycles. The van der Waals surface area contributed by atoms with E-state index in [1.54, 1.807) is 0 Å². The van der Waals surface area contributed by atoms with Gasteiger partial charge >= 0.3 is 0 Å². The molecule has 0 amide bonds. The van der Waals surface area contributed by atoms with E-state index in [1.807, 2.05) is 0 Å². The Labute approximate surface area is 57.4 Å². The molecule has 54 valence electrons. The Morgan fingerprint density at radius 2 is 2.22 bits per heavy atom. The zero-order chi connectivity index (χ0) is 7.11. The molecule has 1 atom stereocenters. The summed E-state index contributed by atoms with van der Waals surface area (Å²) in [5, 5.41) is 3.22. The van der Waals surface area contributed by atoms with Crippen LogP contribution in [0.3, 0.4) is 0 Å². The zero-order valence-electron chi connectivity index (χ0n) is 6.35. The first-order valence-electron chi connectivity index (χ1n) is 3.51. The zero-order valence-corrected chi connectivity index (χ0v) is 6.35. The van der Waals surface area contributed by atoms with E-state index >= 15 is 0 Å². The van der Waals surface area contributed by atoms with Gasteiger partial charge in [-0.2, -0.15) is 0 Å². The molecule has 2 heteroatoms. The van der Waals surface area contributed by atoms with Gasteiger partial charge in [0.05, 0.1) is 6.04 Å². The molecule has 0 saturated heterocycles. The van der Waals surface area contributed by atoms with Crippen molar-refractivity contribution in [2.24, 2.45) is 4.99 Å². The van der Waals surface area contributed by atoms with E-state index in [2.05, 4.69) is 30.9 Å². The molecule has 1 unspecified atom stereocenters. The maximum absolute atomic E-state index is 3.93. The van der Waals surface area contributed by atoms with Crippen molar-refractivity contribution in [1.29, 1.82) is 0 Å². The van der Waals surface area contributed by atoms with E-state index in [0.717, 1.165) is 19.5 Å². The van der Waals surface area contributed by atoms with Crippen molar-refractivity contribution >= 4 is 6.72 Å². The van der Waals surface area contributed by atoms with Gasteiger partial charge in [-0.3, -0.25) is 4.99 Å². The summed E-state index contributed by atoms with van der Waals surface area (Å²) in [6.07, 6.45) is 1.08. The highest BCUT2D eigenvalue weighted by Crippen LogP contribution is 1.92. The Bertz CT molecular complexity index is 71.3. The van der Waals surface area contributed by atoms with E-state index in [9.17, 15) is 0 Å². The number of hydrogen-bond acceptors (Lipinski definition) is 2. The molecule has 0 aliphatic carbocycles. The SMILES string of the molecule is C=NC(CC)CNCC. The molecule has 0 aliphatic heterocycles. The summed E-state index contributed by atoms with van der Waals surface area (Å²) < 4.78 is 0. The number of nitrogens with zero attached hydrogens (tertiary/aromatic N) is 1. The largest absolute Gasteiger partial charge is 0.315 e. The van der Waals surface area contributed by atoms with Crippen LogP contribution in [0.5, 0.6) is 0 Å². The van der Waals surface area contributed by atoms with Gasteiger partial charge in [0.1, 0.15) is 0 Å². The molecule has 9 heavy (non-hydrogen) atoms. The van der Waals surface area contributed by atoms with Crippen LogP contribution in [0.2, 0.25) is 0 Å². The lowest BCUT2D eigenvalue weighted by molar-refractivity contribution is 0.581. The first-order chi connectivity index (χ1) is 4.35. The lowest BCUT2D eigenvalue weighted by Gasteiger charge is -2.07. The Kier molecular flexibility index (Phi) is 5.52. The minimum Gasteiger partial charge on any atom is -0.315 e. The number of nitrogens with one attached hydrogen (secondary N) is 1. The first kappa shape index (κ1) is 8.63. The highest BCUT2D eigenvalue weighted by molar-refractivity contribution is 5.24. The monoisotopic (exact) mass is 128 g/mol. The van der Waals surface area contributed by atoms with Crippen molar-refractivity contribution in [2.75, 3.05) is 13.1 Å². The molecule has 2 nitrogen and oxygen atoms in total. The maximum Gasteiger partial charge on any atom is 0.0614 e. The molecule has 0 saturated carbocycles. The molecule has 0 radical (unpaired) electrons. The summed E-state index contributed by atoms with van der Waals surface area (Å²) in [6.45, 7) is 9.70. The summed E-state index contributed by atoms with van der Waals surface area (Å²) in [5.74, 6) is 0. The minimum atomic E-state index is 0.407. The topological polar surface area (TPSA) is 24.4 Å². The molecule has 0 aromatic rings. The number of likely N-dealkylation sites (N-methyl/N-ethyl adjacent to an activating group) is 1. The van der Waals surface area contributed by atoms with Gasteiger partial charge in [-0.1, -0.05) is 13.8 Å². The van der Waals surface area contributed by atoms with E-state index < -0.39 is 0 Å². The van der Waals surface area contributed by atoms with Gasteiger partial charge in [0.2, 0.25) is 0 Å². The fraction of sp³-hybridized carbons (Fsp3) is 0.857. The average molecular weight is 128 g/mol. The Hall–Kier alpha value is -0.370. The lowest BCUT2D eigenvalue weighted by atomic mass is 10.2. The fourth-order valence-corrected chi connectivity index (χ4v) is 0.649. The van der Waals surface area contributed by atoms with Crippen LogP contribution in [0, 0.1) is 0 Å². The number of aliphatic imine (C=N–C) groups is 1.